The molecule has 2 aromatic heterocycles. The van der Waals surface area contributed by atoms with Gasteiger partial charge in [-0.3, -0.25) is 0 Å². The molecule has 3 nitrogen and oxygen atoms in total. The second kappa shape index (κ2) is 5.09. The highest BCUT2D eigenvalue weighted by Crippen LogP contribution is 2.28. The molecule has 0 spiro atoms. The molecule has 0 unspecified atom stereocenters. The molecule has 0 radical (unpaired) electrons. The van der Waals surface area contributed by atoms with Crippen LogP contribution in [0.15, 0.2) is 34.7 Å². The first kappa shape index (κ1) is 12.9. The summed E-state index contributed by atoms with van der Waals surface area (Å²) < 4.78 is 6.67. The average molecular weight is 385 g/mol. The van der Waals surface area contributed by atoms with E-state index in [0.29, 0.717) is 16.7 Å². The minimum absolute atomic E-state index is 0.475. The summed E-state index contributed by atoms with van der Waals surface area (Å²) in [7, 11) is 0. The number of halogens is 2. The quantitative estimate of drug-likeness (QED) is 0.474. The van der Waals surface area contributed by atoms with Crippen molar-refractivity contribution in [2.24, 2.45) is 0 Å². The van der Waals surface area contributed by atoms with Crippen LogP contribution in [0, 0.1) is 3.57 Å². The summed E-state index contributed by atoms with van der Waals surface area (Å²) in [6.07, 6.45) is 0.813. The number of fused-ring (bicyclic) bond motifs is 1. The Bertz CT molecular complexity index is 721. The van der Waals surface area contributed by atoms with Gasteiger partial charge in [-0.25, -0.2) is 9.97 Å². The summed E-state index contributed by atoms with van der Waals surface area (Å²) in [5, 5.41) is 1.51. The lowest BCUT2D eigenvalue weighted by Gasteiger charge is -2.04. The molecule has 0 aliphatic carbocycles. The first-order chi connectivity index (χ1) is 9.19. The minimum atomic E-state index is 0.475. The lowest BCUT2D eigenvalue weighted by atomic mass is 10.2. The van der Waals surface area contributed by atoms with E-state index in [-0.39, 0.29) is 0 Å². The molecular formula is C14H10ClIN2O. The zero-order chi connectivity index (χ0) is 13.4. The second-order valence-electron chi connectivity index (χ2n) is 4.10. The highest BCUT2D eigenvalue weighted by atomic mass is 127. The molecule has 0 saturated heterocycles. The molecule has 0 bridgehead atoms. The molecule has 0 saturated carbocycles. The number of rotatable bonds is 2. The van der Waals surface area contributed by atoms with E-state index in [4.69, 9.17) is 16.0 Å². The maximum absolute atomic E-state index is 6.15. The summed E-state index contributed by atoms with van der Waals surface area (Å²) in [5.74, 6) is 1.19. The predicted octanol–water partition coefficient (Wildman–Crippen LogP) is 4.71. The smallest absolute Gasteiger partial charge is 0.197 e. The molecule has 0 aliphatic heterocycles. The molecule has 0 aliphatic rings. The van der Waals surface area contributed by atoms with E-state index in [1.54, 1.807) is 0 Å². The van der Waals surface area contributed by atoms with Crippen molar-refractivity contribution in [2.45, 2.75) is 13.3 Å². The van der Waals surface area contributed by atoms with Gasteiger partial charge in [-0.15, -0.1) is 0 Å². The third kappa shape index (κ3) is 2.34. The molecular weight excluding hydrogens is 375 g/mol. The Labute approximate surface area is 129 Å². The third-order valence-electron chi connectivity index (χ3n) is 2.86. The van der Waals surface area contributed by atoms with Crippen molar-refractivity contribution >= 4 is 45.2 Å². The molecule has 0 fully saturated rings. The van der Waals surface area contributed by atoms with E-state index >= 15 is 0 Å². The minimum Gasteiger partial charge on any atom is -0.453 e. The van der Waals surface area contributed by atoms with Crippen LogP contribution < -0.4 is 0 Å². The Hall–Kier alpha value is -1.14. The van der Waals surface area contributed by atoms with Gasteiger partial charge in [0.05, 0.1) is 9.26 Å². The Balaban J connectivity index is 2.18. The maximum atomic E-state index is 6.15. The first-order valence-electron chi connectivity index (χ1n) is 5.90. The second-order valence-corrected chi connectivity index (χ2v) is 5.54. The van der Waals surface area contributed by atoms with Crippen LogP contribution in [0.1, 0.15) is 12.6 Å². The summed E-state index contributed by atoms with van der Waals surface area (Å²) in [5.41, 5.74) is 1.77. The van der Waals surface area contributed by atoms with Crippen molar-refractivity contribution < 1.29 is 4.42 Å². The van der Waals surface area contributed by atoms with Crippen LogP contribution in [0.5, 0.6) is 0 Å². The van der Waals surface area contributed by atoms with E-state index in [9.17, 15) is 0 Å². The van der Waals surface area contributed by atoms with Gasteiger partial charge in [-0.1, -0.05) is 36.7 Å². The number of benzene rings is 1. The fraction of sp³-hybridized carbons (Fsp3) is 0.143. The van der Waals surface area contributed by atoms with Crippen LogP contribution in [-0.2, 0) is 6.42 Å². The average Bonchev–Trinajstić information content (AvgIpc) is 2.85. The van der Waals surface area contributed by atoms with E-state index < -0.39 is 0 Å². The fourth-order valence-electron chi connectivity index (χ4n) is 1.90. The summed E-state index contributed by atoms with van der Waals surface area (Å²) in [4.78, 5) is 8.82. The van der Waals surface area contributed by atoms with Gasteiger partial charge < -0.3 is 4.42 Å². The Morgan fingerprint density at radius 1 is 1.26 bits per heavy atom. The first-order valence-corrected chi connectivity index (χ1v) is 7.35. The fourth-order valence-corrected chi connectivity index (χ4v) is 2.71. The van der Waals surface area contributed by atoms with Gasteiger partial charge in [-0.2, -0.15) is 0 Å². The van der Waals surface area contributed by atoms with Crippen LogP contribution >= 0.6 is 34.2 Å². The van der Waals surface area contributed by atoms with Crippen molar-refractivity contribution in [2.75, 3.05) is 0 Å². The summed E-state index contributed by atoms with van der Waals surface area (Å²) >= 11 is 8.31. The number of para-hydroxylation sites is 1. The molecule has 5 heteroatoms. The molecule has 0 N–H and O–H groups in total. The van der Waals surface area contributed by atoms with Crippen molar-refractivity contribution in [1.29, 1.82) is 0 Å². The summed E-state index contributed by atoms with van der Waals surface area (Å²) in [6.45, 7) is 2.04. The van der Waals surface area contributed by atoms with Gasteiger partial charge in [0.25, 0.3) is 0 Å². The zero-order valence-corrected chi connectivity index (χ0v) is 13.1. The van der Waals surface area contributed by atoms with Crippen LogP contribution in [0.25, 0.3) is 22.6 Å². The summed E-state index contributed by atoms with van der Waals surface area (Å²) in [6, 6.07) is 9.77. The van der Waals surface area contributed by atoms with Crippen molar-refractivity contribution in [3.63, 3.8) is 0 Å². The molecule has 3 aromatic rings. The van der Waals surface area contributed by atoms with Gasteiger partial charge in [-0.05, 0) is 41.1 Å². The lowest BCUT2D eigenvalue weighted by Crippen LogP contribution is -1.98. The van der Waals surface area contributed by atoms with Crippen molar-refractivity contribution in [3.05, 3.63) is 44.7 Å². The largest absolute Gasteiger partial charge is 0.453 e. The van der Waals surface area contributed by atoms with Gasteiger partial charge in [0, 0.05) is 5.39 Å². The van der Waals surface area contributed by atoms with Gasteiger partial charge >= 0.3 is 0 Å². The number of aryl methyl sites for hydroxylation is 1. The Morgan fingerprint density at radius 3 is 2.79 bits per heavy atom. The van der Waals surface area contributed by atoms with Gasteiger partial charge in [0.1, 0.15) is 10.7 Å². The van der Waals surface area contributed by atoms with Crippen LogP contribution in [0.3, 0.4) is 0 Å². The number of aromatic nitrogens is 2. The highest BCUT2D eigenvalue weighted by molar-refractivity contribution is 14.1. The van der Waals surface area contributed by atoms with Crippen molar-refractivity contribution in [3.8, 4) is 11.6 Å². The topological polar surface area (TPSA) is 38.9 Å². The zero-order valence-electron chi connectivity index (χ0n) is 10.2. The Morgan fingerprint density at radius 2 is 2.05 bits per heavy atom. The number of hydrogen-bond acceptors (Lipinski definition) is 3. The molecule has 1 aromatic carbocycles. The maximum Gasteiger partial charge on any atom is 0.197 e. The highest BCUT2D eigenvalue weighted by Gasteiger charge is 2.14. The SMILES string of the molecule is CCc1nc(-c2cc3ccccc3o2)nc(Cl)c1I. The van der Waals surface area contributed by atoms with Crippen molar-refractivity contribution in [1.82, 2.24) is 9.97 Å². The normalized spacial score (nSPS) is 11.1. The van der Waals surface area contributed by atoms with Crippen LogP contribution in [-0.4, -0.2) is 9.97 Å². The van der Waals surface area contributed by atoms with E-state index in [1.165, 1.54) is 0 Å². The molecule has 2 heterocycles. The van der Waals surface area contributed by atoms with E-state index in [2.05, 4.69) is 32.6 Å². The standard InChI is InChI=1S/C14H10ClIN2O/c1-2-9-12(16)13(15)18-14(17-9)11-7-8-5-3-4-6-10(8)19-11/h3-7H,2H2,1H3. The molecule has 19 heavy (non-hydrogen) atoms. The number of furan rings is 1. The van der Waals surface area contributed by atoms with Crippen LogP contribution in [0.4, 0.5) is 0 Å². The Kier molecular flexibility index (Phi) is 3.45. The van der Waals surface area contributed by atoms with Crippen LogP contribution in [0.2, 0.25) is 5.15 Å². The monoisotopic (exact) mass is 384 g/mol. The van der Waals surface area contributed by atoms with E-state index in [0.717, 1.165) is 26.7 Å². The van der Waals surface area contributed by atoms with Gasteiger partial charge in [0.15, 0.2) is 11.6 Å². The molecule has 0 atom stereocenters. The third-order valence-corrected chi connectivity index (χ3v) is 4.59. The predicted molar refractivity (Wildman–Crippen MR) is 84.3 cm³/mol. The molecule has 3 rings (SSSR count). The number of nitrogens with zero attached hydrogens (tertiary/aromatic N) is 2. The molecule has 0 amide bonds. The number of hydrogen-bond donors (Lipinski definition) is 0. The lowest BCUT2D eigenvalue weighted by molar-refractivity contribution is 0.624. The van der Waals surface area contributed by atoms with E-state index in [1.807, 2.05) is 37.3 Å². The van der Waals surface area contributed by atoms with Gasteiger partial charge in [0.2, 0.25) is 0 Å². The molecule has 96 valence electrons.